The van der Waals surface area contributed by atoms with E-state index in [1.54, 1.807) is 0 Å². The van der Waals surface area contributed by atoms with Crippen molar-refractivity contribution >= 4 is 35.9 Å². The molecule has 0 spiro atoms. The monoisotopic (exact) mass is 428 g/mol. The molecule has 4 rings (SSSR count). The molecular formula is C19H17IN4. The number of hydrogen-bond donors (Lipinski definition) is 2. The van der Waals surface area contributed by atoms with Crippen LogP contribution in [0.15, 0.2) is 75.4 Å². The second kappa shape index (κ2) is 6.73. The summed E-state index contributed by atoms with van der Waals surface area (Å²) in [6.45, 7) is 0.555. The molecule has 0 aromatic heterocycles. The third kappa shape index (κ3) is 2.94. The maximum absolute atomic E-state index is 5.71. The van der Waals surface area contributed by atoms with Crippen LogP contribution in [0.5, 0.6) is 0 Å². The minimum absolute atomic E-state index is 0.0821. The van der Waals surface area contributed by atoms with Crippen LogP contribution in [0, 0.1) is 0 Å². The van der Waals surface area contributed by atoms with Gasteiger partial charge in [0.25, 0.3) is 0 Å². The van der Waals surface area contributed by atoms with E-state index in [1.807, 2.05) is 6.07 Å². The van der Waals surface area contributed by atoms with Crippen molar-refractivity contribution in [3.63, 3.8) is 0 Å². The summed E-state index contributed by atoms with van der Waals surface area (Å²) in [5.74, 6) is 0. The first-order valence-electron chi connectivity index (χ1n) is 7.75. The molecule has 2 aromatic rings. The Balaban J connectivity index is 1.69. The van der Waals surface area contributed by atoms with Crippen molar-refractivity contribution in [3.05, 3.63) is 81.6 Å². The number of hydrogen-bond acceptors (Lipinski definition) is 4. The number of nitrogens with zero attached hydrogens (tertiary/aromatic N) is 2. The van der Waals surface area contributed by atoms with Crippen LogP contribution in [-0.2, 0) is 6.54 Å². The largest absolute Gasteiger partial charge is 0.326 e. The lowest BCUT2D eigenvalue weighted by molar-refractivity contribution is 0.748. The van der Waals surface area contributed by atoms with Gasteiger partial charge in [0.2, 0.25) is 0 Å². The van der Waals surface area contributed by atoms with Crippen molar-refractivity contribution < 1.29 is 0 Å². The molecule has 120 valence electrons. The molecule has 3 N–H and O–H groups in total. The normalized spacial score (nSPS) is 18.9. The predicted molar refractivity (Wildman–Crippen MR) is 108 cm³/mol. The zero-order valence-electron chi connectivity index (χ0n) is 13.0. The minimum atomic E-state index is -0.162. The third-order valence-corrected chi connectivity index (χ3v) is 5.54. The summed E-state index contributed by atoms with van der Waals surface area (Å²) in [5, 5.41) is 2.16. The molecule has 0 saturated heterocycles. The molecule has 2 aromatic carbocycles. The van der Waals surface area contributed by atoms with Gasteiger partial charge in [-0.2, -0.15) is 0 Å². The number of nitrogens with one attached hydrogen (secondary N) is 1. The Morgan fingerprint density at radius 1 is 1.12 bits per heavy atom. The van der Waals surface area contributed by atoms with Crippen molar-refractivity contribution in [2.75, 3.05) is 5.01 Å². The van der Waals surface area contributed by atoms with E-state index < -0.39 is 0 Å². The number of anilines is 1. The SMILES string of the molecule is NCc1ccc(N2NC(c3ccccc3)=CC2C2=CI=C=N2)cc1. The van der Waals surface area contributed by atoms with E-state index in [4.69, 9.17) is 5.73 Å². The zero-order valence-corrected chi connectivity index (χ0v) is 15.1. The Labute approximate surface area is 151 Å². The van der Waals surface area contributed by atoms with Gasteiger partial charge in [-0.05, 0) is 50.1 Å². The number of aliphatic imine (C=N–C) groups is 1. The predicted octanol–water partition coefficient (Wildman–Crippen LogP) is 3.61. The third-order valence-electron chi connectivity index (χ3n) is 4.07. The molecule has 24 heavy (non-hydrogen) atoms. The van der Waals surface area contributed by atoms with Gasteiger partial charge in [0.05, 0.1) is 17.1 Å². The van der Waals surface area contributed by atoms with Crippen molar-refractivity contribution in [1.29, 1.82) is 0 Å². The van der Waals surface area contributed by atoms with Crippen molar-refractivity contribution in [1.82, 2.24) is 5.43 Å². The molecule has 1 unspecified atom stereocenters. The maximum atomic E-state index is 5.71. The highest BCUT2D eigenvalue weighted by atomic mass is 127. The summed E-state index contributed by atoms with van der Waals surface area (Å²) in [6, 6.07) is 18.8. The van der Waals surface area contributed by atoms with Gasteiger partial charge in [0, 0.05) is 14.4 Å². The van der Waals surface area contributed by atoms with Gasteiger partial charge in [0.1, 0.15) is 6.04 Å². The summed E-state index contributed by atoms with van der Waals surface area (Å²) in [6.07, 6.45) is 2.23. The molecule has 2 aliphatic rings. The van der Waals surface area contributed by atoms with Gasteiger partial charge >= 0.3 is 0 Å². The molecule has 5 heteroatoms. The molecule has 0 fully saturated rings. The summed E-state index contributed by atoms with van der Waals surface area (Å²) in [4.78, 5) is 4.47. The lowest BCUT2D eigenvalue weighted by atomic mass is 10.1. The molecule has 0 bridgehead atoms. The lowest BCUT2D eigenvalue weighted by Crippen LogP contribution is -2.39. The van der Waals surface area contributed by atoms with Gasteiger partial charge in [-0.15, -0.1) is 0 Å². The van der Waals surface area contributed by atoms with E-state index in [0.29, 0.717) is 6.54 Å². The minimum Gasteiger partial charge on any atom is -0.326 e. The summed E-state index contributed by atoms with van der Waals surface area (Å²) in [5.41, 5.74) is 14.8. The Bertz CT molecular complexity index is 862. The standard InChI is InChI=1S/C19H17IN4/c21-12-14-6-8-16(9-7-14)24-19(18-11-20-13-22-18)10-17(23-24)15-4-2-1-3-5-15/h1-11,19,23H,12,21H2. The highest BCUT2D eigenvalue weighted by molar-refractivity contribution is 14.2. The van der Waals surface area contributed by atoms with Gasteiger partial charge in [-0.3, -0.25) is 10.4 Å². The highest BCUT2D eigenvalue weighted by Gasteiger charge is 2.29. The average Bonchev–Trinajstić information content (AvgIpc) is 3.32. The van der Waals surface area contributed by atoms with Crippen LogP contribution < -0.4 is 16.2 Å². The molecule has 0 saturated carbocycles. The average molecular weight is 428 g/mol. The van der Waals surface area contributed by atoms with Gasteiger partial charge in [0.15, 0.2) is 0 Å². The quantitative estimate of drug-likeness (QED) is 0.732. The van der Waals surface area contributed by atoms with E-state index in [2.05, 4.69) is 77.9 Å². The van der Waals surface area contributed by atoms with Crippen LogP contribution in [0.4, 0.5) is 5.69 Å². The van der Waals surface area contributed by atoms with Crippen LogP contribution in [0.3, 0.4) is 0 Å². The van der Waals surface area contributed by atoms with Crippen molar-refractivity contribution in [3.8, 4) is 0 Å². The van der Waals surface area contributed by atoms with Gasteiger partial charge < -0.3 is 5.73 Å². The second-order valence-electron chi connectivity index (χ2n) is 5.58. The van der Waals surface area contributed by atoms with Crippen LogP contribution in [0.1, 0.15) is 11.1 Å². The first-order valence-corrected chi connectivity index (χ1v) is 10.1. The van der Waals surface area contributed by atoms with Crippen LogP contribution in [0.25, 0.3) is 5.70 Å². The lowest BCUT2D eigenvalue weighted by Gasteiger charge is -2.27. The number of nitrogens with two attached hydrogens (primary N) is 1. The number of rotatable bonds is 4. The molecule has 1 atom stereocenters. The fourth-order valence-electron chi connectivity index (χ4n) is 2.79. The van der Waals surface area contributed by atoms with E-state index in [0.717, 1.165) is 22.6 Å². The van der Waals surface area contributed by atoms with Crippen LogP contribution in [0.2, 0.25) is 0 Å². The van der Waals surface area contributed by atoms with Crippen molar-refractivity contribution in [2.45, 2.75) is 12.6 Å². The fourth-order valence-corrected chi connectivity index (χ4v) is 4.18. The molecule has 4 nitrogen and oxygen atoms in total. The number of benzene rings is 2. The summed E-state index contributed by atoms with van der Waals surface area (Å²) < 4.78 is 5.37. The molecule has 2 heterocycles. The molecule has 0 amide bonds. The molecule has 0 radical (unpaired) electrons. The van der Waals surface area contributed by atoms with Gasteiger partial charge in [-0.25, -0.2) is 4.99 Å². The van der Waals surface area contributed by atoms with E-state index in [-0.39, 0.29) is 26.8 Å². The Morgan fingerprint density at radius 3 is 2.58 bits per heavy atom. The first-order chi connectivity index (χ1) is 11.8. The molecule has 2 aliphatic heterocycles. The second-order valence-corrected chi connectivity index (χ2v) is 7.31. The maximum Gasteiger partial charge on any atom is 0.114 e. The van der Waals surface area contributed by atoms with E-state index in [9.17, 15) is 0 Å². The van der Waals surface area contributed by atoms with E-state index in [1.165, 1.54) is 5.56 Å². The summed E-state index contributed by atoms with van der Waals surface area (Å²) in [7, 11) is 0. The van der Waals surface area contributed by atoms with Crippen molar-refractivity contribution in [2.24, 2.45) is 10.7 Å². The molecule has 0 aliphatic carbocycles. The number of halogens is 1. The Morgan fingerprint density at radius 2 is 1.92 bits per heavy atom. The summed E-state index contributed by atoms with van der Waals surface area (Å²) >= 11 is -0.162. The van der Waals surface area contributed by atoms with E-state index >= 15 is 0 Å². The highest BCUT2D eigenvalue weighted by Crippen LogP contribution is 2.31. The Hall–Kier alpha value is -2.21. The Kier molecular flexibility index (Phi) is 4.30. The molecular weight excluding hydrogens is 411 g/mol. The van der Waals surface area contributed by atoms with Crippen LogP contribution >= 0.6 is 20.7 Å². The fraction of sp³-hybridized carbons (Fsp3) is 0.105. The smallest absolute Gasteiger partial charge is 0.114 e. The van der Waals surface area contributed by atoms with Crippen LogP contribution in [-0.4, -0.2) is 9.85 Å². The topological polar surface area (TPSA) is 53.6 Å². The number of hydrazine groups is 1. The van der Waals surface area contributed by atoms with Gasteiger partial charge in [-0.1, -0.05) is 42.5 Å². The zero-order chi connectivity index (χ0) is 16.4. The first kappa shape index (κ1) is 15.3.